The maximum atomic E-state index is 5.79. The van der Waals surface area contributed by atoms with Gasteiger partial charge in [0.05, 0.1) is 6.10 Å². The van der Waals surface area contributed by atoms with E-state index in [-0.39, 0.29) is 0 Å². The van der Waals surface area contributed by atoms with Gasteiger partial charge in [-0.3, -0.25) is 0 Å². The maximum absolute atomic E-state index is 5.79. The summed E-state index contributed by atoms with van der Waals surface area (Å²) in [6, 6.07) is 8.97. The first-order valence-electron chi connectivity index (χ1n) is 6.56. The molecule has 1 aromatic rings. The molecule has 0 saturated heterocycles. The van der Waals surface area contributed by atoms with Crippen molar-refractivity contribution < 1.29 is 4.74 Å². The van der Waals surface area contributed by atoms with Gasteiger partial charge in [0.25, 0.3) is 0 Å². The molecule has 0 saturated carbocycles. The Balaban J connectivity index is 2.72. The van der Waals surface area contributed by atoms with Crippen LogP contribution in [0.5, 0.6) is 0 Å². The van der Waals surface area contributed by atoms with Gasteiger partial charge < -0.3 is 10.1 Å². The molecule has 0 aliphatic carbocycles. The van der Waals surface area contributed by atoms with Gasteiger partial charge in [0.1, 0.15) is 0 Å². The highest BCUT2D eigenvalue weighted by Gasteiger charge is 2.19. The number of hydrogen-bond acceptors (Lipinski definition) is 2. The van der Waals surface area contributed by atoms with E-state index in [0.717, 1.165) is 19.4 Å². The average molecular weight is 235 g/mol. The average Bonchev–Trinajstić information content (AvgIpc) is 2.35. The summed E-state index contributed by atoms with van der Waals surface area (Å²) in [5.74, 6) is 0. The van der Waals surface area contributed by atoms with Crippen molar-refractivity contribution in [3.05, 3.63) is 35.4 Å². The highest BCUT2D eigenvalue weighted by molar-refractivity contribution is 5.26. The van der Waals surface area contributed by atoms with Crippen LogP contribution in [0.25, 0.3) is 0 Å². The highest BCUT2D eigenvalue weighted by atomic mass is 16.5. The number of benzene rings is 1. The SMILES string of the molecule is CCOC(CC)C(Cc1ccccc1C)NC. The lowest BCUT2D eigenvalue weighted by Gasteiger charge is -2.26. The zero-order valence-corrected chi connectivity index (χ0v) is 11.5. The lowest BCUT2D eigenvalue weighted by Crippen LogP contribution is -2.41. The third-order valence-corrected chi connectivity index (χ3v) is 3.30. The van der Waals surface area contributed by atoms with Crippen molar-refractivity contribution in [2.24, 2.45) is 0 Å². The summed E-state index contributed by atoms with van der Waals surface area (Å²) in [6.07, 6.45) is 2.37. The first-order chi connectivity index (χ1) is 8.22. The molecule has 0 heterocycles. The fourth-order valence-corrected chi connectivity index (χ4v) is 2.23. The Hall–Kier alpha value is -0.860. The van der Waals surface area contributed by atoms with Gasteiger partial charge in [-0.05, 0) is 44.9 Å². The second-order valence-corrected chi connectivity index (χ2v) is 4.43. The number of hydrogen-bond donors (Lipinski definition) is 1. The molecular weight excluding hydrogens is 210 g/mol. The molecule has 0 spiro atoms. The Morgan fingerprint density at radius 3 is 2.47 bits per heavy atom. The van der Waals surface area contributed by atoms with E-state index in [1.807, 2.05) is 7.05 Å². The molecule has 0 bridgehead atoms. The molecule has 2 heteroatoms. The van der Waals surface area contributed by atoms with Crippen LogP contribution in [-0.4, -0.2) is 25.8 Å². The Morgan fingerprint density at radius 1 is 1.24 bits per heavy atom. The molecule has 96 valence electrons. The molecule has 0 amide bonds. The molecule has 0 radical (unpaired) electrons. The quantitative estimate of drug-likeness (QED) is 0.784. The molecule has 17 heavy (non-hydrogen) atoms. The minimum absolute atomic E-state index is 0.296. The van der Waals surface area contributed by atoms with Crippen LogP contribution in [-0.2, 0) is 11.2 Å². The Kier molecular flexibility index (Phi) is 6.23. The third-order valence-electron chi connectivity index (χ3n) is 3.30. The number of rotatable bonds is 7. The fraction of sp³-hybridized carbons (Fsp3) is 0.600. The number of likely N-dealkylation sites (N-methyl/N-ethyl adjacent to an activating group) is 1. The van der Waals surface area contributed by atoms with Crippen molar-refractivity contribution in [2.75, 3.05) is 13.7 Å². The number of aryl methyl sites for hydroxylation is 1. The lowest BCUT2D eigenvalue weighted by atomic mass is 9.97. The normalized spacial score (nSPS) is 14.6. The molecule has 1 aromatic carbocycles. The molecule has 2 atom stereocenters. The van der Waals surface area contributed by atoms with E-state index < -0.39 is 0 Å². The Morgan fingerprint density at radius 2 is 1.94 bits per heavy atom. The summed E-state index contributed by atoms with van der Waals surface area (Å²) < 4.78 is 5.79. The standard InChI is InChI=1S/C15H25NO/c1-5-15(17-6-2)14(16-4)11-13-10-8-7-9-12(13)3/h7-10,14-16H,5-6,11H2,1-4H3. The first kappa shape index (κ1) is 14.2. The summed E-state index contributed by atoms with van der Waals surface area (Å²) in [5, 5.41) is 3.39. The molecule has 0 aliphatic rings. The van der Waals surface area contributed by atoms with Crippen molar-refractivity contribution >= 4 is 0 Å². The number of ether oxygens (including phenoxy) is 1. The van der Waals surface area contributed by atoms with Gasteiger partial charge in [0.2, 0.25) is 0 Å². The topological polar surface area (TPSA) is 21.3 Å². The highest BCUT2D eigenvalue weighted by Crippen LogP contribution is 2.14. The molecule has 2 nitrogen and oxygen atoms in total. The summed E-state index contributed by atoms with van der Waals surface area (Å²) >= 11 is 0. The van der Waals surface area contributed by atoms with Crippen LogP contribution in [0.4, 0.5) is 0 Å². The summed E-state index contributed by atoms with van der Waals surface area (Å²) in [4.78, 5) is 0. The minimum Gasteiger partial charge on any atom is -0.377 e. The van der Waals surface area contributed by atoms with E-state index in [1.54, 1.807) is 0 Å². The van der Waals surface area contributed by atoms with Gasteiger partial charge in [0, 0.05) is 12.6 Å². The van der Waals surface area contributed by atoms with Crippen LogP contribution in [0.1, 0.15) is 31.4 Å². The van der Waals surface area contributed by atoms with Crippen LogP contribution >= 0.6 is 0 Å². The fourth-order valence-electron chi connectivity index (χ4n) is 2.23. The van der Waals surface area contributed by atoms with E-state index in [4.69, 9.17) is 4.74 Å². The van der Waals surface area contributed by atoms with E-state index in [2.05, 4.69) is 50.4 Å². The largest absolute Gasteiger partial charge is 0.377 e. The van der Waals surface area contributed by atoms with Gasteiger partial charge in [0.15, 0.2) is 0 Å². The monoisotopic (exact) mass is 235 g/mol. The molecule has 1 N–H and O–H groups in total. The van der Waals surface area contributed by atoms with Crippen LogP contribution in [0.15, 0.2) is 24.3 Å². The van der Waals surface area contributed by atoms with Gasteiger partial charge in [-0.25, -0.2) is 0 Å². The van der Waals surface area contributed by atoms with E-state index in [0.29, 0.717) is 12.1 Å². The van der Waals surface area contributed by atoms with Gasteiger partial charge >= 0.3 is 0 Å². The van der Waals surface area contributed by atoms with E-state index in [9.17, 15) is 0 Å². The van der Waals surface area contributed by atoms with Crippen molar-refractivity contribution in [3.63, 3.8) is 0 Å². The van der Waals surface area contributed by atoms with E-state index >= 15 is 0 Å². The van der Waals surface area contributed by atoms with Crippen LogP contribution in [0, 0.1) is 6.92 Å². The molecule has 0 aliphatic heterocycles. The van der Waals surface area contributed by atoms with Gasteiger partial charge in [-0.1, -0.05) is 31.2 Å². The van der Waals surface area contributed by atoms with Crippen LogP contribution in [0.3, 0.4) is 0 Å². The second-order valence-electron chi connectivity index (χ2n) is 4.43. The van der Waals surface area contributed by atoms with Crippen molar-refractivity contribution in [1.82, 2.24) is 5.32 Å². The van der Waals surface area contributed by atoms with Gasteiger partial charge in [-0.15, -0.1) is 0 Å². The lowest BCUT2D eigenvalue weighted by molar-refractivity contribution is 0.0338. The smallest absolute Gasteiger partial charge is 0.0728 e. The van der Waals surface area contributed by atoms with Crippen molar-refractivity contribution in [1.29, 1.82) is 0 Å². The maximum Gasteiger partial charge on any atom is 0.0728 e. The van der Waals surface area contributed by atoms with Gasteiger partial charge in [-0.2, -0.15) is 0 Å². The molecule has 1 rings (SSSR count). The zero-order valence-electron chi connectivity index (χ0n) is 11.5. The molecule has 0 fully saturated rings. The third kappa shape index (κ3) is 4.14. The van der Waals surface area contributed by atoms with Crippen molar-refractivity contribution in [2.45, 2.75) is 45.8 Å². The number of nitrogens with one attached hydrogen (secondary N) is 1. The molecule has 0 aromatic heterocycles. The summed E-state index contributed by atoms with van der Waals surface area (Å²) in [5.41, 5.74) is 2.77. The van der Waals surface area contributed by atoms with Crippen LogP contribution in [0.2, 0.25) is 0 Å². The zero-order chi connectivity index (χ0) is 12.7. The minimum atomic E-state index is 0.296. The molecular formula is C15H25NO. The first-order valence-corrected chi connectivity index (χ1v) is 6.56. The van der Waals surface area contributed by atoms with E-state index in [1.165, 1.54) is 11.1 Å². The summed E-state index contributed by atoms with van der Waals surface area (Å²) in [6.45, 7) is 7.19. The van der Waals surface area contributed by atoms with Crippen LogP contribution < -0.4 is 5.32 Å². The second kappa shape index (κ2) is 7.46. The summed E-state index contributed by atoms with van der Waals surface area (Å²) in [7, 11) is 2.02. The Labute approximate surface area is 105 Å². The predicted octanol–water partition coefficient (Wildman–Crippen LogP) is 2.94. The Bertz CT molecular complexity index is 324. The molecule has 2 unspecified atom stereocenters. The van der Waals surface area contributed by atoms with Crippen molar-refractivity contribution in [3.8, 4) is 0 Å². The predicted molar refractivity (Wildman–Crippen MR) is 73.4 cm³/mol.